The van der Waals surface area contributed by atoms with E-state index < -0.39 is 24.4 Å². The number of hydrogen-bond donors (Lipinski definition) is 1. The van der Waals surface area contributed by atoms with E-state index in [1.54, 1.807) is 43.3 Å². The minimum Gasteiger partial charge on any atom is -0.455 e. The van der Waals surface area contributed by atoms with Gasteiger partial charge in [-0.1, -0.05) is 46.9 Å². The summed E-state index contributed by atoms with van der Waals surface area (Å²) < 4.78 is 5.09. The molecule has 0 radical (unpaired) electrons. The van der Waals surface area contributed by atoms with E-state index in [-0.39, 0.29) is 23.9 Å². The second-order valence-corrected chi connectivity index (χ2v) is 7.74. The Morgan fingerprint density at radius 3 is 2.59 bits per heavy atom. The molecule has 0 unspecified atom stereocenters. The lowest BCUT2D eigenvalue weighted by molar-refractivity contribution is -0.151. The van der Waals surface area contributed by atoms with Crippen molar-refractivity contribution >= 4 is 64.0 Å². The number of rotatable bonds is 5. The number of benzene rings is 2. The van der Waals surface area contributed by atoms with Crippen molar-refractivity contribution in [1.82, 2.24) is 0 Å². The van der Waals surface area contributed by atoms with Gasteiger partial charge in [-0.15, -0.1) is 0 Å². The minimum atomic E-state index is -0.696. The largest absolute Gasteiger partial charge is 0.455 e. The summed E-state index contributed by atoms with van der Waals surface area (Å²) in [6.07, 6.45) is -0.0311. The average Bonchev–Trinajstić information content (AvgIpc) is 3.07. The topological polar surface area (TPSA) is 75.7 Å². The molecule has 1 saturated heterocycles. The fraction of sp³-hybridized carbons (Fsp3) is 0.250. The molecule has 1 aliphatic heterocycles. The maximum atomic E-state index is 12.3. The molecule has 1 fully saturated rings. The van der Waals surface area contributed by atoms with Crippen LogP contribution < -0.4 is 10.2 Å². The zero-order valence-electron chi connectivity index (χ0n) is 15.4. The maximum Gasteiger partial charge on any atom is 0.311 e. The Labute approximate surface area is 182 Å². The van der Waals surface area contributed by atoms with Crippen LogP contribution >= 0.6 is 34.8 Å². The summed E-state index contributed by atoms with van der Waals surface area (Å²) in [6.45, 7) is 1.41. The first-order valence-electron chi connectivity index (χ1n) is 8.74. The van der Waals surface area contributed by atoms with Gasteiger partial charge in [0.05, 0.1) is 21.7 Å². The van der Waals surface area contributed by atoms with Gasteiger partial charge in [0.15, 0.2) is 6.61 Å². The number of nitrogens with zero attached hydrogens (tertiary/aromatic N) is 1. The highest BCUT2D eigenvalue weighted by atomic mass is 35.5. The molecule has 29 heavy (non-hydrogen) atoms. The molecule has 0 saturated carbocycles. The lowest BCUT2D eigenvalue weighted by Crippen LogP contribution is -2.28. The Kier molecular flexibility index (Phi) is 6.67. The summed E-state index contributed by atoms with van der Waals surface area (Å²) in [5, 5.41) is 3.72. The smallest absolute Gasteiger partial charge is 0.311 e. The third-order valence-electron chi connectivity index (χ3n) is 4.57. The summed E-state index contributed by atoms with van der Waals surface area (Å²) in [6, 6.07) is 10.0. The first-order chi connectivity index (χ1) is 13.8. The van der Waals surface area contributed by atoms with E-state index in [0.717, 1.165) is 0 Å². The Bertz CT molecular complexity index is 980. The van der Waals surface area contributed by atoms with Crippen molar-refractivity contribution in [2.24, 2.45) is 5.92 Å². The van der Waals surface area contributed by atoms with E-state index in [0.29, 0.717) is 27.0 Å². The molecule has 2 aromatic rings. The van der Waals surface area contributed by atoms with E-state index in [1.165, 1.54) is 4.90 Å². The molecule has 3 rings (SSSR count). The highest BCUT2D eigenvalue weighted by molar-refractivity contribution is 6.44. The van der Waals surface area contributed by atoms with Gasteiger partial charge in [-0.05, 0) is 36.8 Å². The van der Waals surface area contributed by atoms with Crippen LogP contribution in [-0.2, 0) is 19.1 Å². The van der Waals surface area contributed by atoms with E-state index in [4.69, 9.17) is 39.5 Å². The molecule has 1 aliphatic rings. The van der Waals surface area contributed by atoms with Gasteiger partial charge >= 0.3 is 5.97 Å². The highest BCUT2D eigenvalue weighted by Gasteiger charge is 2.37. The van der Waals surface area contributed by atoms with Crippen molar-refractivity contribution in [3.63, 3.8) is 0 Å². The predicted molar refractivity (Wildman–Crippen MR) is 113 cm³/mol. The van der Waals surface area contributed by atoms with Crippen LogP contribution in [0.5, 0.6) is 0 Å². The van der Waals surface area contributed by atoms with Crippen molar-refractivity contribution in [3.8, 4) is 0 Å². The van der Waals surface area contributed by atoms with Gasteiger partial charge in [0, 0.05) is 23.7 Å². The third kappa shape index (κ3) is 4.83. The molecule has 1 atom stereocenters. The van der Waals surface area contributed by atoms with Crippen molar-refractivity contribution in [3.05, 3.63) is 57.0 Å². The number of anilines is 2. The SMILES string of the molecule is Cc1c(Cl)cccc1NC(=O)COC(=O)[C@H]1CC(=O)N(c2cccc(Cl)c2Cl)C1. The summed E-state index contributed by atoms with van der Waals surface area (Å²) in [7, 11) is 0. The second kappa shape index (κ2) is 9.03. The molecule has 1 N–H and O–H groups in total. The van der Waals surface area contributed by atoms with Crippen LogP contribution in [0.3, 0.4) is 0 Å². The minimum absolute atomic E-state index is 0.0311. The third-order valence-corrected chi connectivity index (χ3v) is 5.79. The molecule has 0 aromatic heterocycles. The Morgan fingerprint density at radius 2 is 1.83 bits per heavy atom. The summed E-state index contributed by atoms with van der Waals surface area (Å²) >= 11 is 18.2. The molecule has 0 aliphatic carbocycles. The van der Waals surface area contributed by atoms with Gasteiger partial charge in [0.1, 0.15) is 0 Å². The Balaban J connectivity index is 1.57. The first kappa shape index (κ1) is 21.4. The summed E-state index contributed by atoms with van der Waals surface area (Å²) in [5.74, 6) is -2.09. The summed E-state index contributed by atoms with van der Waals surface area (Å²) in [4.78, 5) is 38.1. The number of esters is 1. The van der Waals surface area contributed by atoms with Crippen LogP contribution in [0.15, 0.2) is 36.4 Å². The van der Waals surface area contributed by atoms with Crippen molar-refractivity contribution in [2.45, 2.75) is 13.3 Å². The lowest BCUT2D eigenvalue weighted by Gasteiger charge is -2.18. The number of hydrogen-bond acceptors (Lipinski definition) is 4. The van der Waals surface area contributed by atoms with Crippen molar-refractivity contribution < 1.29 is 19.1 Å². The van der Waals surface area contributed by atoms with Gasteiger partial charge in [-0.2, -0.15) is 0 Å². The zero-order valence-corrected chi connectivity index (χ0v) is 17.6. The normalized spacial score (nSPS) is 16.1. The van der Waals surface area contributed by atoms with E-state index >= 15 is 0 Å². The number of amides is 2. The van der Waals surface area contributed by atoms with E-state index in [2.05, 4.69) is 5.32 Å². The molecule has 0 bridgehead atoms. The Morgan fingerprint density at radius 1 is 1.14 bits per heavy atom. The maximum absolute atomic E-state index is 12.3. The molecular weight excluding hydrogens is 439 g/mol. The van der Waals surface area contributed by atoms with E-state index in [1.807, 2.05) is 0 Å². The predicted octanol–water partition coefficient (Wildman–Crippen LogP) is 4.49. The first-order valence-corrected chi connectivity index (χ1v) is 9.87. The van der Waals surface area contributed by atoms with Crippen LogP contribution in [0.2, 0.25) is 15.1 Å². The lowest BCUT2D eigenvalue weighted by atomic mass is 10.1. The van der Waals surface area contributed by atoms with Gasteiger partial charge in [-0.3, -0.25) is 14.4 Å². The van der Waals surface area contributed by atoms with Crippen LogP contribution in [0, 0.1) is 12.8 Å². The van der Waals surface area contributed by atoms with Gasteiger partial charge < -0.3 is 15.0 Å². The number of ether oxygens (including phenoxy) is 1. The van der Waals surface area contributed by atoms with Crippen LogP contribution in [0.4, 0.5) is 11.4 Å². The van der Waals surface area contributed by atoms with Gasteiger partial charge in [0.2, 0.25) is 5.91 Å². The van der Waals surface area contributed by atoms with Crippen LogP contribution in [0.25, 0.3) is 0 Å². The molecule has 1 heterocycles. The van der Waals surface area contributed by atoms with Crippen LogP contribution in [-0.4, -0.2) is 30.9 Å². The van der Waals surface area contributed by atoms with Gasteiger partial charge in [0.25, 0.3) is 5.91 Å². The monoisotopic (exact) mass is 454 g/mol. The molecule has 2 amide bonds. The molecule has 152 valence electrons. The molecule has 9 heteroatoms. The fourth-order valence-corrected chi connectivity index (χ4v) is 3.55. The number of carbonyl (C=O) groups is 3. The molecule has 2 aromatic carbocycles. The molecular formula is C20H17Cl3N2O4. The Hall–Kier alpha value is -2.28. The number of nitrogens with one attached hydrogen (secondary N) is 1. The molecule has 0 spiro atoms. The standard InChI is InChI=1S/C20H17Cl3N2O4/c1-11-13(21)4-2-6-15(11)24-17(26)10-29-20(28)12-8-18(27)25(9-12)16-7-3-5-14(22)19(16)23/h2-7,12H,8-10H2,1H3,(H,24,26)/t12-/m0/s1. The second-order valence-electron chi connectivity index (χ2n) is 6.55. The number of halogens is 3. The van der Waals surface area contributed by atoms with Crippen molar-refractivity contribution in [1.29, 1.82) is 0 Å². The zero-order chi connectivity index (χ0) is 21.1. The quantitative estimate of drug-likeness (QED) is 0.674. The van der Waals surface area contributed by atoms with Crippen LogP contribution in [0.1, 0.15) is 12.0 Å². The van der Waals surface area contributed by atoms with Gasteiger partial charge in [-0.25, -0.2) is 0 Å². The fourth-order valence-electron chi connectivity index (χ4n) is 2.98. The molecule has 6 nitrogen and oxygen atoms in total. The number of carbonyl (C=O) groups excluding carboxylic acids is 3. The van der Waals surface area contributed by atoms with Crippen molar-refractivity contribution in [2.75, 3.05) is 23.4 Å². The highest BCUT2D eigenvalue weighted by Crippen LogP contribution is 2.35. The van der Waals surface area contributed by atoms with E-state index in [9.17, 15) is 14.4 Å². The average molecular weight is 456 g/mol. The summed E-state index contributed by atoms with van der Waals surface area (Å²) in [5.41, 5.74) is 1.69.